The van der Waals surface area contributed by atoms with Crippen molar-refractivity contribution in [3.63, 3.8) is 0 Å². The molecule has 0 unspecified atom stereocenters. The molecule has 84 valence electrons. The van der Waals surface area contributed by atoms with Crippen molar-refractivity contribution in [2.75, 3.05) is 5.32 Å². The van der Waals surface area contributed by atoms with E-state index in [0.29, 0.717) is 6.07 Å². The molecule has 2 heterocycles. The maximum atomic E-state index is 13.1. The second-order valence-electron chi connectivity index (χ2n) is 3.08. The van der Waals surface area contributed by atoms with Gasteiger partial charge in [-0.25, -0.2) is 8.78 Å². The lowest BCUT2D eigenvalue weighted by Gasteiger charge is -2.05. The number of anilines is 1. The lowest BCUT2D eigenvalue weighted by atomic mass is 10.3. The van der Waals surface area contributed by atoms with E-state index in [4.69, 9.17) is 4.42 Å². The number of aromatic nitrogens is 1. The van der Waals surface area contributed by atoms with Crippen molar-refractivity contribution in [1.82, 2.24) is 4.98 Å². The second-order valence-corrected chi connectivity index (χ2v) is 3.08. The molecule has 0 radical (unpaired) electrons. The van der Waals surface area contributed by atoms with E-state index >= 15 is 0 Å². The van der Waals surface area contributed by atoms with E-state index < -0.39 is 17.6 Å². The third kappa shape index (κ3) is 2.16. The summed E-state index contributed by atoms with van der Waals surface area (Å²) in [6, 6.07) is 2.10. The highest BCUT2D eigenvalue weighted by Crippen LogP contribution is 2.15. The Hall–Kier alpha value is -1.98. The minimum absolute atomic E-state index is 0.214. The smallest absolute Gasteiger partial charge is 0.251 e. The van der Waals surface area contributed by atoms with Crippen LogP contribution in [0.1, 0.15) is 5.56 Å². The zero-order valence-electron chi connectivity index (χ0n) is 8.01. The predicted octanol–water partition coefficient (Wildman–Crippen LogP) is 2.70. The van der Waals surface area contributed by atoms with E-state index in [1.165, 1.54) is 12.5 Å². The van der Waals surface area contributed by atoms with E-state index in [9.17, 15) is 13.2 Å². The first-order valence-electron chi connectivity index (χ1n) is 4.43. The lowest BCUT2D eigenvalue weighted by Crippen LogP contribution is -2.05. The van der Waals surface area contributed by atoms with Crippen molar-refractivity contribution in [2.24, 2.45) is 0 Å². The van der Waals surface area contributed by atoms with Crippen molar-refractivity contribution in [1.29, 1.82) is 0 Å². The van der Waals surface area contributed by atoms with Crippen LogP contribution in [0, 0.1) is 17.6 Å². The van der Waals surface area contributed by atoms with E-state index in [1.807, 2.05) is 0 Å². The van der Waals surface area contributed by atoms with Crippen LogP contribution in [0.15, 0.2) is 29.1 Å². The Balaban J connectivity index is 2.12. The highest BCUT2D eigenvalue weighted by molar-refractivity contribution is 5.36. The highest BCUT2D eigenvalue weighted by Gasteiger charge is 2.11. The average Bonchev–Trinajstić information content (AvgIpc) is 2.74. The minimum Gasteiger partial charge on any atom is -0.472 e. The molecular formula is C10H7F3N2O. The first-order chi connectivity index (χ1) is 7.66. The molecule has 0 atom stereocenters. The molecule has 0 aliphatic rings. The third-order valence-electron chi connectivity index (χ3n) is 1.93. The summed E-state index contributed by atoms with van der Waals surface area (Å²) in [6.45, 7) is 0.214. The molecule has 2 aromatic heterocycles. The number of nitrogens with one attached hydrogen (secondary N) is 1. The zero-order valence-corrected chi connectivity index (χ0v) is 8.01. The van der Waals surface area contributed by atoms with Gasteiger partial charge in [0.15, 0.2) is 17.5 Å². The summed E-state index contributed by atoms with van der Waals surface area (Å²) >= 11 is 0. The van der Waals surface area contributed by atoms with Gasteiger partial charge in [-0.2, -0.15) is 9.37 Å². The fourth-order valence-electron chi connectivity index (χ4n) is 1.15. The summed E-state index contributed by atoms with van der Waals surface area (Å²) < 4.78 is 43.2. The van der Waals surface area contributed by atoms with Crippen molar-refractivity contribution in [3.05, 3.63) is 47.8 Å². The van der Waals surface area contributed by atoms with Crippen molar-refractivity contribution in [3.8, 4) is 0 Å². The highest BCUT2D eigenvalue weighted by atomic mass is 19.2. The van der Waals surface area contributed by atoms with Crippen LogP contribution in [-0.4, -0.2) is 4.98 Å². The zero-order chi connectivity index (χ0) is 11.5. The van der Waals surface area contributed by atoms with Gasteiger partial charge < -0.3 is 9.73 Å². The number of furan rings is 1. The summed E-state index contributed by atoms with van der Waals surface area (Å²) in [5, 5.41) is 2.53. The fraction of sp³-hybridized carbons (Fsp3) is 0.100. The van der Waals surface area contributed by atoms with Gasteiger partial charge in [-0.05, 0) is 6.07 Å². The molecule has 0 saturated heterocycles. The van der Waals surface area contributed by atoms with Gasteiger partial charge in [0.1, 0.15) is 0 Å². The quantitative estimate of drug-likeness (QED) is 0.821. The molecule has 2 aromatic rings. The van der Waals surface area contributed by atoms with Gasteiger partial charge in [-0.3, -0.25) is 0 Å². The molecule has 16 heavy (non-hydrogen) atoms. The first kappa shape index (κ1) is 10.5. The molecule has 0 fully saturated rings. The van der Waals surface area contributed by atoms with Crippen LogP contribution in [0.25, 0.3) is 0 Å². The van der Waals surface area contributed by atoms with E-state index in [0.717, 1.165) is 5.56 Å². The van der Waals surface area contributed by atoms with E-state index in [-0.39, 0.29) is 12.4 Å². The summed E-state index contributed by atoms with van der Waals surface area (Å²) in [4.78, 5) is 3.11. The summed E-state index contributed by atoms with van der Waals surface area (Å²) in [5.74, 6) is -3.93. The van der Waals surface area contributed by atoms with Crippen LogP contribution in [0.5, 0.6) is 0 Å². The van der Waals surface area contributed by atoms with Crippen molar-refractivity contribution in [2.45, 2.75) is 6.54 Å². The van der Waals surface area contributed by atoms with Crippen LogP contribution < -0.4 is 5.32 Å². The molecule has 0 bridgehead atoms. The molecule has 0 saturated carbocycles. The Kier molecular flexibility index (Phi) is 2.80. The van der Waals surface area contributed by atoms with Gasteiger partial charge in [-0.15, -0.1) is 0 Å². The Morgan fingerprint density at radius 1 is 1.25 bits per heavy atom. The Labute approximate surface area is 88.9 Å². The second kappa shape index (κ2) is 4.26. The molecule has 3 nitrogen and oxygen atoms in total. The average molecular weight is 228 g/mol. The minimum atomic E-state index is -1.34. The Morgan fingerprint density at radius 2 is 2.06 bits per heavy atom. The monoisotopic (exact) mass is 228 g/mol. The van der Waals surface area contributed by atoms with Gasteiger partial charge in [0.2, 0.25) is 0 Å². The topological polar surface area (TPSA) is 38.1 Å². The SMILES string of the molecule is Fc1cc(F)c(NCc2ccoc2)nc1F. The molecule has 0 aliphatic carbocycles. The first-order valence-corrected chi connectivity index (χ1v) is 4.43. The molecule has 6 heteroatoms. The number of hydrogen-bond donors (Lipinski definition) is 1. The van der Waals surface area contributed by atoms with Crippen LogP contribution >= 0.6 is 0 Å². The fourth-order valence-corrected chi connectivity index (χ4v) is 1.15. The van der Waals surface area contributed by atoms with Crippen LogP contribution in [0.3, 0.4) is 0 Å². The maximum Gasteiger partial charge on any atom is 0.251 e. The Morgan fingerprint density at radius 3 is 2.75 bits per heavy atom. The van der Waals surface area contributed by atoms with Crippen LogP contribution in [-0.2, 0) is 6.54 Å². The summed E-state index contributed by atoms with van der Waals surface area (Å²) in [5.41, 5.74) is 0.742. The third-order valence-corrected chi connectivity index (χ3v) is 1.93. The molecule has 0 aliphatic heterocycles. The predicted molar refractivity (Wildman–Crippen MR) is 50.1 cm³/mol. The number of hydrogen-bond acceptors (Lipinski definition) is 3. The summed E-state index contributed by atoms with van der Waals surface area (Å²) in [7, 11) is 0. The van der Waals surface area contributed by atoms with Gasteiger partial charge in [0, 0.05) is 18.2 Å². The maximum absolute atomic E-state index is 13.1. The normalized spacial score (nSPS) is 10.4. The van der Waals surface area contributed by atoms with E-state index in [1.54, 1.807) is 6.07 Å². The molecule has 2 rings (SSSR count). The number of pyridine rings is 1. The molecule has 0 aromatic carbocycles. The summed E-state index contributed by atoms with van der Waals surface area (Å²) in [6.07, 6.45) is 2.90. The van der Waals surface area contributed by atoms with Crippen molar-refractivity contribution >= 4 is 5.82 Å². The molecule has 0 spiro atoms. The Bertz CT molecular complexity index is 485. The number of halogens is 3. The van der Waals surface area contributed by atoms with Gasteiger partial charge in [0.25, 0.3) is 5.95 Å². The van der Waals surface area contributed by atoms with Gasteiger partial charge >= 0.3 is 0 Å². The molecular weight excluding hydrogens is 221 g/mol. The van der Waals surface area contributed by atoms with E-state index in [2.05, 4.69) is 10.3 Å². The molecule has 1 N–H and O–H groups in total. The standard InChI is InChI=1S/C10H7F3N2O/c11-7-3-8(12)10(15-9(7)13)14-4-6-1-2-16-5-6/h1-3,5H,4H2,(H,14,15). The number of nitrogens with zero attached hydrogens (tertiary/aromatic N) is 1. The lowest BCUT2D eigenvalue weighted by molar-refractivity contribution is 0.466. The molecule has 0 amide bonds. The van der Waals surface area contributed by atoms with Crippen molar-refractivity contribution < 1.29 is 17.6 Å². The number of rotatable bonds is 3. The van der Waals surface area contributed by atoms with Gasteiger partial charge in [-0.1, -0.05) is 0 Å². The van der Waals surface area contributed by atoms with Crippen LogP contribution in [0.4, 0.5) is 19.0 Å². The largest absolute Gasteiger partial charge is 0.472 e. The van der Waals surface area contributed by atoms with Crippen LogP contribution in [0.2, 0.25) is 0 Å². The van der Waals surface area contributed by atoms with Gasteiger partial charge in [0.05, 0.1) is 12.5 Å².